The molecule has 0 saturated heterocycles. The smallest absolute Gasteiger partial charge is 0.350 e. The minimum atomic E-state index is -4.18. The Labute approximate surface area is 126 Å². The number of rotatable bonds is 4. The van der Waals surface area contributed by atoms with Crippen molar-refractivity contribution < 1.29 is 19.1 Å². The van der Waals surface area contributed by atoms with Crippen molar-refractivity contribution in [1.29, 1.82) is 0 Å². The number of hydrogen-bond acceptors (Lipinski definition) is 6. The van der Waals surface area contributed by atoms with Crippen LogP contribution in [0, 0.1) is 0 Å². The first-order valence-corrected chi connectivity index (χ1v) is 8.84. The Morgan fingerprint density at radius 2 is 2.09 bits per heavy atom. The second-order valence-corrected chi connectivity index (χ2v) is 7.02. The fourth-order valence-electron chi connectivity index (χ4n) is 2.90. The zero-order valence-corrected chi connectivity index (χ0v) is 12.8. The normalized spacial score (nSPS) is 23.0. The third-order valence-electron chi connectivity index (χ3n) is 3.87. The Hall–Kier alpha value is -1.54. The predicted molar refractivity (Wildman–Crippen MR) is 79.0 cm³/mol. The number of imidazole rings is 1. The molecule has 1 aliphatic rings. The molecule has 0 aromatic carbocycles. The van der Waals surface area contributed by atoms with Crippen molar-refractivity contribution in [2.24, 2.45) is 0 Å². The molecule has 3 rings (SSSR count). The highest BCUT2D eigenvalue weighted by Crippen LogP contribution is 2.39. The Morgan fingerprint density at radius 3 is 2.86 bits per heavy atom. The van der Waals surface area contributed by atoms with Gasteiger partial charge in [0.1, 0.15) is 18.2 Å². The molecule has 2 aromatic heterocycles. The average Bonchev–Trinajstić information content (AvgIpc) is 2.90. The van der Waals surface area contributed by atoms with E-state index in [1.54, 1.807) is 6.33 Å². The van der Waals surface area contributed by atoms with Crippen molar-refractivity contribution in [2.45, 2.75) is 37.8 Å². The van der Waals surface area contributed by atoms with Gasteiger partial charge in [-0.3, -0.25) is 4.57 Å². The van der Waals surface area contributed by atoms with Gasteiger partial charge in [0.2, 0.25) is 0 Å². The van der Waals surface area contributed by atoms with Gasteiger partial charge in [-0.2, -0.15) is 0 Å². The molecule has 0 radical (unpaired) electrons. The van der Waals surface area contributed by atoms with E-state index in [0.717, 1.165) is 25.7 Å². The van der Waals surface area contributed by atoms with Gasteiger partial charge in [-0.05, 0) is 12.8 Å². The van der Waals surface area contributed by atoms with E-state index in [1.165, 1.54) is 6.33 Å². The monoisotopic (exact) mass is 327 g/mol. The van der Waals surface area contributed by atoms with Gasteiger partial charge in [0, 0.05) is 0 Å². The summed E-state index contributed by atoms with van der Waals surface area (Å²) in [4.78, 5) is 30.4. The molecule has 22 heavy (non-hydrogen) atoms. The number of ether oxygens (including phenoxy) is 1. The third-order valence-corrected chi connectivity index (χ3v) is 4.35. The summed E-state index contributed by atoms with van der Waals surface area (Å²) in [5.41, 5.74) is 6.93. The number of anilines is 1. The van der Waals surface area contributed by atoms with Crippen LogP contribution in [-0.2, 0) is 9.30 Å². The summed E-state index contributed by atoms with van der Waals surface area (Å²) < 4.78 is 18.4. The van der Waals surface area contributed by atoms with Gasteiger partial charge in [-0.25, -0.2) is 15.0 Å². The van der Waals surface area contributed by atoms with Crippen molar-refractivity contribution >= 4 is 24.6 Å². The summed E-state index contributed by atoms with van der Waals surface area (Å²) in [6.45, 7) is 0. The molecule has 120 valence electrons. The van der Waals surface area contributed by atoms with Crippen LogP contribution in [0.25, 0.3) is 11.2 Å². The molecular formula is C12H18N5O4P. The van der Waals surface area contributed by atoms with E-state index in [4.69, 9.17) is 20.3 Å². The highest BCUT2D eigenvalue weighted by atomic mass is 31.2. The SMILES string of the molecule is Nc1ncnc2c1ncn2[C@H]1CCCC[C@H]1OCP(=O)(O)O. The van der Waals surface area contributed by atoms with E-state index in [0.29, 0.717) is 17.0 Å². The Kier molecular flexibility index (Phi) is 4.14. The maximum atomic E-state index is 11.0. The van der Waals surface area contributed by atoms with E-state index >= 15 is 0 Å². The molecule has 0 unspecified atom stereocenters. The van der Waals surface area contributed by atoms with Crippen LogP contribution in [0.1, 0.15) is 31.7 Å². The van der Waals surface area contributed by atoms with Crippen LogP contribution in [0.4, 0.5) is 5.82 Å². The first kappa shape index (κ1) is 15.4. The molecule has 2 heterocycles. The molecular weight excluding hydrogens is 309 g/mol. The minimum absolute atomic E-state index is 0.0698. The molecule has 0 aliphatic heterocycles. The van der Waals surface area contributed by atoms with Gasteiger partial charge in [0.15, 0.2) is 11.5 Å². The first-order valence-electron chi connectivity index (χ1n) is 7.05. The highest BCUT2D eigenvalue weighted by molar-refractivity contribution is 7.51. The number of fused-ring (bicyclic) bond motifs is 1. The third kappa shape index (κ3) is 3.12. The van der Waals surface area contributed by atoms with E-state index in [-0.39, 0.29) is 12.1 Å². The highest BCUT2D eigenvalue weighted by Gasteiger charge is 2.30. The summed E-state index contributed by atoms with van der Waals surface area (Å²) in [6.07, 6.45) is 5.72. The molecule has 9 nitrogen and oxygen atoms in total. The quantitative estimate of drug-likeness (QED) is 0.709. The van der Waals surface area contributed by atoms with E-state index < -0.39 is 13.9 Å². The second kappa shape index (κ2) is 5.92. The van der Waals surface area contributed by atoms with Crippen LogP contribution in [0.3, 0.4) is 0 Å². The molecule has 10 heteroatoms. The number of nitrogens with two attached hydrogens (primary N) is 1. The lowest BCUT2D eigenvalue weighted by molar-refractivity contribution is 0.0120. The van der Waals surface area contributed by atoms with Crippen molar-refractivity contribution in [3.8, 4) is 0 Å². The lowest BCUT2D eigenvalue weighted by atomic mass is 9.92. The molecule has 0 spiro atoms. The Morgan fingerprint density at radius 1 is 1.32 bits per heavy atom. The number of aromatic nitrogens is 4. The van der Waals surface area contributed by atoms with Crippen LogP contribution >= 0.6 is 7.60 Å². The molecule has 4 N–H and O–H groups in total. The Balaban J connectivity index is 1.89. The zero-order valence-electron chi connectivity index (χ0n) is 11.9. The van der Waals surface area contributed by atoms with Crippen molar-refractivity contribution in [1.82, 2.24) is 19.5 Å². The molecule has 1 fully saturated rings. The molecule has 1 saturated carbocycles. The predicted octanol–water partition coefficient (Wildman–Crippen LogP) is 1.04. The lowest BCUT2D eigenvalue weighted by Gasteiger charge is -2.32. The number of hydrogen-bond donors (Lipinski definition) is 3. The molecule has 1 aliphatic carbocycles. The summed E-state index contributed by atoms with van der Waals surface area (Å²) >= 11 is 0. The van der Waals surface area contributed by atoms with Gasteiger partial charge in [-0.15, -0.1) is 0 Å². The summed E-state index contributed by atoms with van der Waals surface area (Å²) in [7, 11) is -4.18. The summed E-state index contributed by atoms with van der Waals surface area (Å²) in [6, 6.07) is -0.0698. The van der Waals surface area contributed by atoms with E-state index in [9.17, 15) is 4.57 Å². The summed E-state index contributed by atoms with van der Waals surface area (Å²) in [5, 5.41) is 0. The standard InChI is InChI=1S/C12H18N5O4P/c13-11-10-12(15-5-14-11)17(6-16-10)8-3-1-2-4-9(8)21-7-22(18,19)20/h5-6,8-9H,1-4,7H2,(H2,13,14,15)(H2,18,19,20)/t8-,9+/m0/s1. The lowest BCUT2D eigenvalue weighted by Crippen LogP contribution is -2.30. The van der Waals surface area contributed by atoms with Crippen molar-refractivity contribution in [2.75, 3.05) is 12.1 Å². The fraction of sp³-hybridized carbons (Fsp3) is 0.583. The van der Waals surface area contributed by atoms with Gasteiger partial charge in [-0.1, -0.05) is 12.8 Å². The topological polar surface area (TPSA) is 136 Å². The van der Waals surface area contributed by atoms with Crippen LogP contribution in [0.2, 0.25) is 0 Å². The zero-order chi connectivity index (χ0) is 15.7. The van der Waals surface area contributed by atoms with Crippen LogP contribution in [0.5, 0.6) is 0 Å². The van der Waals surface area contributed by atoms with Crippen LogP contribution in [0.15, 0.2) is 12.7 Å². The first-order chi connectivity index (χ1) is 10.5. The maximum absolute atomic E-state index is 11.0. The average molecular weight is 327 g/mol. The largest absolute Gasteiger partial charge is 0.382 e. The second-order valence-electron chi connectivity index (χ2n) is 5.43. The van der Waals surface area contributed by atoms with Gasteiger partial charge in [0.25, 0.3) is 0 Å². The summed E-state index contributed by atoms with van der Waals surface area (Å²) in [5.74, 6) is 0.312. The van der Waals surface area contributed by atoms with Crippen LogP contribution < -0.4 is 5.73 Å². The van der Waals surface area contributed by atoms with Gasteiger partial charge in [0.05, 0.1) is 18.5 Å². The molecule has 2 aromatic rings. The number of nitrogens with zero attached hydrogens (tertiary/aromatic N) is 4. The van der Waals surface area contributed by atoms with E-state index in [1.807, 2.05) is 4.57 Å². The van der Waals surface area contributed by atoms with Crippen molar-refractivity contribution in [3.63, 3.8) is 0 Å². The van der Waals surface area contributed by atoms with E-state index in [2.05, 4.69) is 15.0 Å². The Bertz CT molecular complexity index is 715. The number of nitrogen functional groups attached to an aromatic ring is 1. The van der Waals surface area contributed by atoms with Gasteiger partial charge < -0.3 is 24.8 Å². The maximum Gasteiger partial charge on any atom is 0.350 e. The minimum Gasteiger partial charge on any atom is -0.382 e. The van der Waals surface area contributed by atoms with Gasteiger partial charge >= 0.3 is 7.60 Å². The van der Waals surface area contributed by atoms with Crippen LogP contribution in [-0.4, -0.2) is 41.8 Å². The van der Waals surface area contributed by atoms with Crippen molar-refractivity contribution in [3.05, 3.63) is 12.7 Å². The molecule has 0 amide bonds. The molecule has 2 atom stereocenters. The molecule has 0 bridgehead atoms. The fourth-order valence-corrected chi connectivity index (χ4v) is 3.28.